The number of carbonyl (C=O) groups excluding carboxylic acids is 3. The summed E-state index contributed by atoms with van der Waals surface area (Å²) >= 11 is 14.1. The molecule has 2 aliphatic heterocycles. The summed E-state index contributed by atoms with van der Waals surface area (Å²) in [5.41, 5.74) is 12.5. The normalized spacial score (nSPS) is 17.5. The summed E-state index contributed by atoms with van der Waals surface area (Å²) in [7, 11) is 0. The zero-order valence-electron chi connectivity index (χ0n) is 40.0. The maximum Gasteiger partial charge on any atom is 0.243 e. The first-order chi connectivity index (χ1) is 33.0. The molecule has 3 aromatic heterocycles. The van der Waals surface area contributed by atoms with Crippen LogP contribution >= 0.6 is 34.5 Å². The Morgan fingerprint density at radius 1 is 0.986 bits per heavy atom. The predicted octanol–water partition coefficient (Wildman–Crippen LogP) is 9.33. The summed E-state index contributed by atoms with van der Waals surface area (Å²) in [5.74, 6) is -0.390. The van der Waals surface area contributed by atoms with Crippen molar-refractivity contribution in [1.29, 1.82) is 0 Å². The fourth-order valence-corrected chi connectivity index (χ4v) is 10.7. The van der Waals surface area contributed by atoms with E-state index in [4.69, 9.17) is 33.7 Å². The highest BCUT2D eigenvalue weighted by Gasteiger charge is 2.43. The van der Waals surface area contributed by atoms with E-state index in [1.165, 1.54) is 12.1 Å². The van der Waals surface area contributed by atoms with Crippen molar-refractivity contribution in [2.24, 2.45) is 5.41 Å². The summed E-state index contributed by atoms with van der Waals surface area (Å²) in [6, 6.07) is 11.3. The third kappa shape index (κ3) is 13.0. The predicted molar refractivity (Wildman–Crippen MR) is 269 cm³/mol. The lowest BCUT2D eigenvalue weighted by molar-refractivity contribution is -0.142. The van der Waals surface area contributed by atoms with E-state index in [0.717, 1.165) is 77.8 Å². The number of aryl methyl sites for hydroxylation is 1. The molecule has 2 saturated heterocycles. The van der Waals surface area contributed by atoms with Gasteiger partial charge in [0.15, 0.2) is 11.6 Å². The number of carbonyl (C=O) groups is 3. The van der Waals surface area contributed by atoms with Crippen LogP contribution in [0.2, 0.25) is 10.0 Å². The van der Waals surface area contributed by atoms with Crippen LogP contribution in [0.1, 0.15) is 114 Å². The van der Waals surface area contributed by atoms with Gasteiger partial charge in [0.25, 0.3) is 0 Å². The summed E-state index contributed by atoms with van der Waals surface area (Å²) in [6.45, 7) is 12.1. The van der Waals surface area contributed by atoms with Crippen molar-refractivity contribution in [2.75, 3.05) is 31.9 Å². The first-order valence-corrected chi connectivity index (χ1v) is 25.5. The van der Waals surface area contributed by atoms with Crippen molar-refractivity contribution in [2.45, 2.75) is 129 Å². The molecule has 4 atom stereocenters. The number of pyridine rings is 1. The third-order valence-electron chi connectivity index (χ3n) is 13.1. The summed E-state index contributed by atoms with van der Waals surface area (Å²) in [5, 5.41) is 21.9. The van der Waals surface area contributed by atoms with Crippen molar-refractivity contribution in [3.63, 3.8) is 0 Å². The molecule has 3 amide bonds. The van der Waals surface area contributed by atoms with E-state index in [9.17, 15) is 23.9 Å². The second-order valence-electron chi connectivity index (χ2n) is 19.3. The van der Waals surface area contributed by atoms with E-state index >= 15 is 0 Å². The molecule has 18 heteroatoms. The fraction of sp³-hybridized carbons (Fsp3) is 0.490. The van der Waals surface area contributed by atoms with E-state index in [2.05, 4.69) is 25.7 Å². The van der Waals surface area contributed by atoms with Crippen LogP contribution in [0.25, 0.3) is 21.6 Å². The highest BCUT2D eigenvalue weighted by Crippen LogP contribution is 2.38. The van der Waals surface area contributed by atoms with E-state index in [1.54, 1.807) is 41.6 Å². The maximum atomic E-state index is 14.2. The molecule has 2 unspecified atom stereocenters. The zero-order chi connectivity index (χ0) is 49.4. The molecule has 0 bridgehead atoms. The number of hydrogen-bond donors (Lipinski definition) is 4. The van der Waals surface area contributed by atoms with Crippen LogP contribution in [-0.2, 0) is 20.9 Å². The average Bonchev–Trinajstić information content (AvgIpc) is 4.10. The molecule has 0 spiro atoms. The molecule has 0 saturated carbocycles. The number of nitrogens with one attached hydrogen (secondary N) is 2. The van der Waals surface area contributed by atoms with Crippen molar-refractivity contribution in [3.05, 3.63) is 99.2 Å². The van der Waals surface area contributed by atoms with Gasteiger partial charge in [0.05, 0.1) is 45.5 Å². The van der Waals surface area contributed by atoms with E-state index < -0.39 is 35.5 Å². The molecule has 5 aromatic rings. The molecular weight excluding hydrogens is 941 g/mol. The van der Waals surface area contributed by atoms with E-state index in [-0.39, 0.29) is 52.6 Å². The van der Waals surface area contributed by atoms with Crippen molar-refractivity contribution in [1.82, 2.24) is 40.2 Å². The van der Waals surface area contributed by atoms with Crippen LogP contribution in [0.5, 0.6) is 5.75 Å². The summed E-state index contributed by atoms with van der Waals surface area (Å²) in [4.78, 5) is 54.0. The van der Waals surface area contributed by atoms with Crippen LogP contribution in [0, 0.1) is 18.2 Å². The fourth-order valence-electron chi connectivity index (χ4n) is 9.17. The van der Waals surface area contributed by atoms with Crippen LogP contribution in [-0.4, -0.2) is 96.7 Å². The lowest BCUT2D eigenvalue weighted by Gasteiger charge is -2.35. The van der Waals surface area contributed by atoms with Gasteiger partial charge in [-0.1, -0.05) is 87.5 Å². The number of β-amino-alcohol motifs (C(OH)–C–C–N with tert-alkyl or cyclic N) is 1. The van der Waals surface area contributed by atoms with Gasteiger partial charge < -0.3 is 36.0 Å². The minimum Gasteiger partial charge on any atom is -0.482 e. The van der Waals surface area contributed by atoms with Gasteiger partial charge >= 0.3 is 0 Å². The number of aromatic nitrogens is 4. The van der Waals surface area contributed by atoms with Crippen LogP contribution in [0.4, 0.5) is 10.2 Å². The zero-order valence-corrected chi connectivity index (χ0v) is 42.3. The van der Waals surface area contributed by atoms with Crippen molar-refractivity contribution in [3.8, 4) is 27.3 Å². The molecule has 5 heterocycles. The number of rotatable bonds is 19. The number of nitrogen functional groups attached to an aromatic ring is 1. The van der Waals surface area contributed by atoms with Gasteiger partial charge in [-0.2, -0.15) is 5.10 Å². The van der Waals surface area contributed by atoms with Crippen LogP contribution in [0.3, 0.4) is 0 Å². The lowest BCUT2D eigenvalue weighted by atomic mass is 9.85. The SMILES string of the molecule is Cc1ncsc1-c1ccc(CNC(=O)[C@@H]2C[C@@H](O)CN2C(=O)C(NCCCCCCCC(=O)N2CCC(n3cc(-c4cnc(N)c(OC(C)c5c(Cl)ccc(F)c5Cl)c4)cn3)CC2)C(C)(C)C)cc1. The number of amides is 3. The van der Waals surface area contributed by atoms with Crippen LogP contribution < -0.4 is 21.1 Å². The Hall–Kier alpha value is -5.13. The van der Waals surface area contributed by atoms with Gasteiger partial charge in [0.1, 0.15) is 18.0 Å². The van der Waals surface area contributed by atoms with Crippen molar-refractivity contribution < 1.29 is 28.6 Å². The number of unbranched alkanes of at least 4 members (excludes halogenated alkanes) is 4. The Morgan fingerprint density at radius 3 is 2.42 bits per heavy atom. The molecule has 2 fully saturated rings. The standard InChI is InChI=1S/C51H64Cl2FN9O5S/c1-31-46(69-30-59-31)34-14-12-33(13-15-34)25-58-49(66)41-24-38(64)29-62(41)50(67)47(51(3,4)5)56-20-10-8-6-7-9-11-43(65)61-21-18-37(19-22-61)63-28-36(27-60-63)35-23-42(48(55)57-26-35)68-32(2)44-39(52)16-17-40(54)45(44)53/h12-17,23,26-28,30,32,37-38,41,47,56,64H,6-11,18-22,24-25,29H2,1-5H3,(H2,55,57)(H,58,66)/t32?,38-,41+,47?/m1/s1. The van der Waals surface area contributed by atoms with Gasteiger partial charge in [-0.3, -0.25) is 19.1 Å². The van der Waals surface area contributed by atoms with Crippen molar-refractivity contribution >= 4 is 58.1 Å². The van der Waals surface area contributed by atoms with E-state index in [0.29, 0.717) is 43.9 Å². The number of thiazole rings is 1. The molecule has 0 radical (unpaired) electrons. The number of anilines is 1. The van der Waals surface area contributed by atoms with Crippen LogP contribution in [0.15, 0.2) is 66.6 Å². The van der Waals surface area contributed by atoms with E-state index in [1.807, 2.05) is 73.2 Å². The molecule has 14 nitrogen and oxygen atoms in total. The lowest BCUT2D eigenvalue weighted by Crippen LogP contribution is -2.56. The molecule has 2 aliphatic rings. The summed E-state index contributed by atoms with van der Waals surface area (Å²) < 4.78 is 22.2. The Kier molecular flexibility index (Phi) is 17.4. The molecule has 0 aliphatic carbocycles. The number of nitrogens with two attached hydrogens (primary N) is 1. The molecule has 2 aromatic carbocycles. The highest BCUT2D eigenvalue weighted by atomic mass is 35.5. The number of aliphatic hydroxyl groups is 1. The number of hydrogen-bond acceptors (Lipinski definition) is 11. The third-order valence-corrected chi connectivity index (χ3v) is 14.8. The molecule has 69 heavy (non-hydrogen) atoms. The minimum absolute atomic E-state index is 0.108. The number of aliphatic hydroxyl groups excluding tert-OH is 1. The second-order valence-corrected chi connectivity index (χ2v) is 20.9. The van der Waals surface area contributed by atoms with Gasteiger partial charge in [0.2, 0.25) is 17.7 Å². The first kappa shape index (κ1) is 51.7. The Labute approximate surface area is 418 Å². The molecule has 370 valence electrons. The van der Waals surface area contributed by atoms with Gasteiger partial charge in [-0.15, -0.1) is 11.3 Å². The molecular formula is C51H64Cl2FN9O5S. The number of benzene rings is 2. The van der Waals surface area contributed by atoms with Gasteiger partial charge in [-0.25, -0.2) is 14.4 Å². The van der Waals surface area contributed by atoms with Gasteiger partial charge in [0, 0.05) is 73.1 Å². The maximum absolute atomic E-state index is 14.2. The number of nitrogens with zero attached hydrogens (tertiary/aromatic N) is 6. The number of piperidine rings is 1. The largest absolute Gasteiger partial charge is 0.482 e. The number of halogens is 3. The second kappa shape index (κ2) is 23.2. The summed E-state index contributed by atoms with van der Waals surface area (Å²) in [6.07, 6.45) is 10.8. The Balaban J connectivity index is 0.797. The minimum atomic E-state index is -0.770. The highest BCUT2D eigenvalue weighted by molar-refractivity contribution is 7.13. The quantitative estimate of drug-likeness (QED) is 0.0460. The Morgan fingerprint density at radius 2 is 1.71 bits per heavy atom. The number of ether oxygens (including phenoxy) is 1. The smallest absolute Gasteiger partial charge is 0.243 e. The molecule has 5 N–H and O–H groups in total. The Bertz CT molecular complexity index is 2560. The molecule has 7 rings (SSSR count). The number of likely N-dealkylation sites (tertiary alicyclic amines) is 2. The first-order valence-electron chi connectivity index (χ1n) is 23.8. The van der Waals surface area contributed by atoms with Gasteiger partial charge in [-0.05, 0) is 80.8 Å². The monoisotopic (exact) mass is 1000 g/mol. The topological polar surface area (TPSA) is 181 Å². The average molecular weight is 1010 g/mol.